The van der Waals surface area contributed by atoms with Gasteiger partial charge in [-0.1, -0.05) is 6.08 Å². The first-order valence-electron chi connectivity index (χ1n) is 3.34. The Kier molecular flexibility index (Phi) is 12.9. The number of hydrogen-bond donors (Lipinski definition) is 2. The Morgan fingerprint density at radius 3 is 2.83 bits per heavy atom. The second-order valence-corrected chi connectivity index (χ2v) is 1.86. The summed E-state index contributed by atoms with van der Waals surface area (Å²) in [4.78, 5) is 10.3. The summed E-state index contributed by atoms with van der Waals surface area (Å²) in [6.45, 7) is 4.79. The number of hydroxylamine groups is 1. The molecule has 0 saturated heterocycles. The van der Waals surface area contributed by atoms with Crippen LogP contribution in [0.5, 0.6) is 0 Å². The minimum absolute atomic E-state index is 0. The Hall–Kier alpha value is -0.182. The number of hydrogen-bond acceptors (Lipinski definition) is 2. The van der Waals surface area contributed by atoms with Gasteiger partial charge in [-0.15, -0.1) is 6.54 Å². The van der Waals surface area contributed by atoms with E-state index in [9.17, 15) is 4.79 Å². The Morgan fingerprint density at radius 2 is 2.33 bits per heavy atom. The maximum atomic E-state index is 10.3. The maximum Gasteiger partial charge on any atom is 2.00 e. The van der Waals surface area contributed by atoms with Gasteiger partial charge in [0.2, 0.25) is 0 Å². The van der Waals surface area contributed by atoms with E-state index in [4.69, 9.17) is 5.21 Å². The summed E-state index contributed by atoms with van der Waals surface area (Å²) < 4.78 is 0. The first-order valence-corrected chi connectivity index (χ1v) is 3.34. The van der Waals surface area contributed by atoms with Crippen LogP contribution < -0.4 is 5.48 Å². The van der Waals surface area contributed by atoms with Crippen LogP contribution in [0, 0.1) is 6.92 Å². The molecule has 0 unspecified atom stereocenters. The first-order chi connectivity index (χ1) is 5.31. The molecule has 0 saturated carbocycles. The van der Waals surface area contributed by atoms with Crippen molar-refractivity contribution in [3.63, 3.8) is 0 Å². The molecule has 0 aromatic heterocycles. The van der Waals surface area contributed by atoms with Gasteiger partial charge in [-0.3, -0.25) is 10.0 Å². The van der Waals surface area contributed by atoms with Crippen LogP contribution in [-0.4, -0.2) is 24.2 Å². The van der Waals surface area contributed by atoms with Crippen molar-refractivity contribution in [2.75, 3.05) is 13.1 Å². The van der Waals surface area contributed by atoms with Crippen molar-refractivity contribution in [2.45, 2.75) is 6.42 Å². The van der Waals surface area contributed by atoms with E-state index in [-0.39, 0.29) is 21.1 Å². The van der Waals surface area contributed by atoms with Gasteiger partial charge in [0, 0.05) is 0 Å². The molecule has 68 valence electrons. The largest absolute Gasteiger partial charge is 2.00 e. The molecule has 0 aliphatic rings. The van der Waals surface area contributed by atoms with Crippen LogP contribution in [0.3, 0.4) is 0 Å². The second kappa shape index (κ2) is 10.8. The van der Waals surface area contributed by atoms with E-state index in [1.807, 2.05) is 0 Å². The van der Waals surface area contributed by atoms with Crippen LogP contribution in [-0.2, 0) is 25.9 Å². The Bertz CT molecular complexity index is 139. The molecule has 0 heterocycles. The molecule has 0 aromatic rings. The first kappa shape index (κ1) is 14.3. The molecule has 2 N–H and O–H groups in total. The SMILES string of the molecule is [CH2-]CC[N-]C/C=C/C(=O)NO.[W+2]. The van der Waals surface area contributed by atoms with E-state index in [0.717, 1.165) is 6.42 Å². The Labute approximate surface area is 86.6 Å². The number of rotatable bonds is 5. The fourth-order valence-electron chi connectivity index (χ4n) is 0.475. The summed E-state index contributed by atoms with van der Waals surface area (Å²) in [5, 5.41) is 12.0. The maximum absolute atomic E-state index is 10.3. The number of carbonyl (C=O) groups excluding carboxylic acids is 1. The molecule has 0 spiro atoms. The smallest absolute Gasteiger partial charge is 0.661 e. The summed E-state index contributed by atoms with van der Waals surface area (Å²) >= 11 is 0. The third-order valence-corrected chi connectivity index (χ3v) is 0.930. The van der Waals surface area contributed by atoms with Crippen molar-refractivity contribution in [1.82, 2.24) is 5.48 Å². The van der Waals surface area contributed by atoms with E-state index >= 15 is 0 Å². The molecule has 4 nitrogen and oxygen atoms in total. The summed E-state index contributed by atoms with van der Waals surface area (Å²) in [6.07, 6.45) is 3.56. The normalized spacial score (nSPS) is 9.50. The summed E-state index contributed by atoms with van der Waals surface area (Å²) in [5.74, 6) is -0.533. The van der Waals surface area contributed by atoms with Crippen LogP contribution in [0.15, 0.2) is 12.2 Å². The predicted molar refractivity (Wildman–Crippen MR) is 42.1 cm³/mol. The van der Waals surface area contributed by atoms with Gasteiger partial charge >= 0.3 is 21.1 Å². The van der Waals surface area contributed by atoms with Gasteiger partial charge < -0.3 is 12.2 Å². The second-order valence-electron chi connectivity index (χ2n) is 1.86. The molecule has 5 heteroatoms. The molecule has 0 fully saturated rings. The number of nitrogens with one attached hydrogen (secondary N) is 1. The van der Waals surface area contributed by atoms with Crippen LogP contribution in [0.1, 0.15) is 6.42 Å². The molecule has 0 aromatic carbocycles. The van der Waals surface area contributed by atoms with Gasteiger partial charge in [-0.05, 0) is 6.08 Å². The third kappa shape index (κ3) is 9.82. The molecule has 0 aliphatic carbocycles. The number of carbonyl (C=O) groups is 1. The van der Waals surface area contributed by atoms with Crippen molar-refractivity contribution < 1.29 is 31.1 Å². The fraction of sp³-hybridized carbons (Fsp3) is 0.429. The van der Waals surface area contributed by atoms with Crippen molar-refractivity contribution in [1.29, 1.82) is 0 Å². The van der Waals surface area contributed by atoms with Crippen LogP contribution >= 0.6 is 0 Å². The van der Waals surface area contributed by atoms with E-state index in [0.29, 0.717) is 13.1 Å². The number of nitrogens with zero attached hydrogens (tertiary/aromatic N) is 1. The molecule has 0 rings (SSSR count). The van der Waals surface area contributed by atoms with Gasteiger partial charge in [0.05, 0.1) is 0 Å². The van der Waals surface area contributed by atoms with E-state index < -0.39 is 5.91 Å². The zero-order valence-electron chi connectivity index (χ0n) is 6.69. The summed E-state index contributed by atoms with van der Waals surface area (Å²) in [6, 6.07) is 0. The van der Waals surface area contributed by atoms with Gasteiger partial charge in [0.15, 0.2) is 0 Å². The molecule has 0 atom stereocenters. The number of amides is 1. The minimum Gasteiger partial charge on any atom is -0.661 e. The van der Waals surface area contributed by atoms with E-state index in [1.165, 1.54) is 11.6 Å². The fourth-order valence-corrected chi connectivity index (χ4v) is 0.475. The topological polar surface area (TPSA) is 63.4 Å². The van der Waals surface area contributed by atoms with Gasteiger partial charge in [-0.2, -0.15) is 6.54 Å². The Morgan fingerprint density at radius 1 is 1.67 bits per heavy atom. The van der Waals surface area contributed by atoms with Crippen molar-refractivity contribution >= 4 is 5.91 Å². The van der Waals surface area contributed by atoms with Crippen molar-refractivity contribution in [2.24, 2.45) is 0 Å². The van der Waals surface area contributed by atoms with Crippen LogP contribution in [0.2, 0.25) is 0 Å². The van der Waals surface area contributed by atoms with E-state index in [2.05, 4.69) is 12.2 Å². The zero-order valence-corrected chi connectivity index (χ0v) is 9.63. The molecule has 0 aliphatic heterocycles. The molecular weight excluding hydrogens is 328 g/mol. The quantitative estimate of drug-likeness (QED) is 0.254. The minimum atomic E-state index is -0.533. The predicted octanol–water partition coefficient (Wildman–Crippen LogP) is 0.643. The van der Waals surface area contributed by atoms with Crippen molar-refractivity contribution in [3.8, 4) is 0 Å². The van der Waals surface area contributed by atoms with Gasteiger partial charge in [0.25, 0.3) is 5.91 Å². The third-order valence-electron chi connectivity index (χ3n) is 0.930. The summed E-state index contributed by atoms with van der Waals surface area (Å²) in [7, 11) is 0. The molecule has 0 bridgehead atoms. The van der Waals surface area contributed by atoms with E-state index in [1.54, 1.807) is 6.08 Å². The molecule has 12 heavy (non-hydrogen) atoms. The van der Waals surface area contributed by atoms with Crippen LogP contribution in [0.4, 0.5) is 0 Å². The van der Waals surface area contributed by atoms with Gasteiger partial charge in [0.1, 0.15) is 0 Å². The summed E-state index contributed by atoms with van der Waals surface area (Å²) in [5.41, 5.74) is 1.48. The molecule has 0 radical (unpaired) electrons. The van der Waals surface area contributed by atoms with Crippen LogP contribution in [0.25, 0.3) is 5.32 Å². The van der Waals surface area contributed by atoms with Gasteiger partial charge in [-0.25, -0.2) is 11.9 Å². The molecular formula is C7H12N2O2W. The Balaban J connectivity index is 0. The monoisotopic (exact) mass is 340 g/mol. The molecule has 1 amide bonds. The zero-order chi connectivity index (χ0) is 8.53. The average molecular weight is 340 g/mol. The van der Waals surface area contributed by atoms with Crippen molar-refractivity contribution in [3.05, 3.63) is 24.4 Å². The standard InChI is InChI=1S/C7H12N2O2.W/c1-2-5-8-6-3-4-7(10)9-11;/h3-4,11H,1-2,5-6H2,(H,9,10);/q-2;+2/b4-3+;. The average Bonchev–Trinajstić information content (AvgIpc) is 2.04.